The Hall–Kier alpha value is -1.77. The van der Waals surface area contributed by atoms with Gasteiger partial charge in [-0.05, 0) is 24.1 Å². The van der Waals surface area contributed by atoms with Gasteiger partial charge in [0.15, 0.2) is 0 Å². The smallest absolute Gasteiger partial charge is 0.238 e. The summed E-state index contributed by atoms with van der Waals surface area (Å²) in [5, 5.41) is 11.9. The van der Waals surface area contributed by atoms with E-state index in [0.717, 1.165) is 6.54 Å². The van der Waals surface area contributed by atoms with Crippen molar-refractivity contribution in [1.29, 1.82) is 5.26 Å². The van der Waals surface area contributed by atoms with E-state index in [2.05, 4.69) is 25.2 Å². The van der Waals surface area contributed by atoms with Gasteiger partial charge in [0.2, 0.25) is 5.91 Å². The van der Waals surface area contributed by atoms with E-state index in [-0.39, 0.29) is 12.5 Å². The molecule has 1 rings (SSSR count). The summed E-state index contributed by atoms with van der Waals surface area (Å²) in [6.07, 6.45) is 0.411. The van der Waals surface area contributed by atoms with E-state index in [1.807, 2.05) is 4.90 Å². The van der Waals surface area contributed by atoms with Crippen LogP contribution < -0.4 is 11.1 Å². The highest BCUT2D eigenvalue weighted by molar-refractivity contribution is 6.33. The Kier molecular flexibility index (Phi) is 7.00. The standard InChI is InChI=1S/C15H21ClN4O/c1-11(2)9-20(7-3-6-17)10-15(21)19-12-4-5-13(16)14(18)8-12/h4-5,8,11H,3,7,9-10,18H2,1-2H3,(H,19,21). The molecule has 0 aliphatic heterocycles. The van der Waals surface area contributed by atoms with Gasteiger partial charge in [0.25, 0.3) is 0 Å². The van der Waals surface area contributed by atoms with E-state index in [4.69, 9.17) is 22.6 Å². The average Bonchev–Trinajstić information content (AvgIpc) is 2.39. The van der Waals surface area contributed by atoms with E-state index < -0.39 is 0 Å². The molecule has 1 aromatic carbocycles. The zero-order chi connectivity index (χ0) is 15.8. The van der Waals surface area contributed by atoms with Crippen molar-refractivity contribution in [2.24, 2.45) is 5.92 Å². The van der Waals surface area contributed by atoms with E-state index in [9.17, 15) is 4.79 Å². The molecular weight excluding hydrogens is 288 g/mol. The average molecular weight is 309 g/mol. The van der Waals surface area contributed by atoms with Gasteiger partial charge >= 0.3 is 0 Å². The molecule has 0 spiro atoms. The first-order valence-electron chi connectivity index (χ1n) is 6.86. The van der Waals surface area contributed by atoms with Crippen molar-refractivity contribution in [2.45, 2.75) is 20.3 Å². The van der Waals surface area contributed by atoms with Gasteiger partial charge in [-0.15, -0.1) is 0 Å². The van der Waals surface area contributed by atoms with Crippen LogP contribution in [0.4, 0.5) is 11.4 Å². The maximum Gasteiger partial charge on any atom is 0.238 e. The number of amides is 1. The Bertz CT molecular complexity index is 525. The minimum absolute atomic E-state index is 0.129. The molecule has 0 atom stereocenters. The van der Waals surface area contributed by atoms with E-state index in [1.165, 1.54) is 0 Å². The van der Waals surface area contributed by atoms with Crippen molar-refractivity contribution in [3.63, 3.8) is 0 Å². The number of nitrogens with two attached hydrogens (primary N) is 1. The molecule has 6 heteroatoms. The Balaban J connectivity index is 2.60. The fourth-order valence-electron chi connectivity index (χ4n) is 1.98. The third kappa shape index (κ3) is 6.48. The zero-order valence-electron chi connectivity index (χ0n) is 12.4. The number of rotatable bonds is 7. The predicted octanol–water partition coefficient (Wildman–Crippen LogP) is 2.73. The molecule has 0 aliphatic carbocycles. The minimum Gasteiger partial charge on any atom is -0.397 e. The minimum atomic E-state index is -0.129. The van der Waals surface area contributed by atoms with Crippen molar-refractivity contribution < 1.29 is 4.79 Å². The topological polar surface area (TPSA) is 82.2 Å². The lowest BCUT2D eigenvalue weighted by Gasteiger charge is -2.22. The van der Waals surface area contributed by atoms with Crippen LogP contribution in [0.5, 0.6) is 0 Å². The molecule has 3 N–H and O–H groups in total. The number of carbonyl (C=O) groups excluding carboxylic acids is 1. The van der Waals surface area contributed by atoms with Crippen molar-refractivity contribution in [3.8, 4) is 6.07 Å². The predicted molar refractivity (Wildman–Crippen MR) is 86.0 cm³/mol. The number of halogens is 1. The van der Waals surface area contributed by atoms with E-state index >= 15 is 0 Å². The van der Waals surface area contributed by atoms with Crippen LogP contribution in [-0.4, -0.2) is 30.4 Å². The number of nitriles is 1. The highest BCUT2D eigenvalue weighted by Crippen LogP contribution is 2.22. The number of nitrogen functional groups attached to an aromatic ring is 1. The van der Waals surface area contributed by atoms with E-state index in [1.54, 1.807) is 18.2 Å². The molecule has 0 bridgehead atoms. The lowest BCUT2D eigenvalue weighted by Crippen LogP contribution is -2.36. The van der Waals surface area contributed by atoms with Crippen LogP contribution in [0.15, 0.2) is 18.2 Å². The summed E-state index contributed by atoms with van der Waals surface area (Å²) >= 11 is 5.84. The molecule has 1 aromatic rings. The number of hydrogen-bond acceptors (Lipinski definition) is 4. The number of anilines is 2. The molecule has 0 fully saturated rings. The fraction of sp³-hybridized carbons (Fsp3) is 0.467. The van der Waals surface area contributed by atoms with Crippen molar-refractivity contribution in [1.82, 2.24) is 4.90 Å². The highest BCUT2D eigenvalue weighted by Gasteiger charge is 2.12. The van der Waals surface area contributed by atoms with Gasteiger partial charge < -0.3 is 11.1 Å². The zero-order valence-corrected chi connectivity index (χ0v) is 13.2. The third-order valence-corrected chi connectivity index (χ3v) is 3.15. The van der Waals surface area contributed by atoms with Gasteiger partial charge in [0.05, 0.1) is 23.3 Å². The molecule has 0 radical (unpaired) electrons. The maximum atomic E-state index is 12.1. The summed E-state index contributed by atoms with van der Waals surface area (Å²) in [6, 6.07) is 7.08. The normalized spacial score (nSPS) is 10.7. The van der Waals surface area contributed by atoms with Gasteiger partial charge in [-0.2, -0.15) is 5.26 Å². The second kappa shape index (κ2) is 8.50. The van der Waals surface area contributed by atoms with Crippen LogP contribution in [0.3, 0.4) is 0 Å². The second-order valence-electron chi connectivity index (χ2n) is 5.32. The Morgan fingerprint density at radius 3 is 2.81 bits per heavy atom. The summed E-state index contributed by atoms with van der Waals surface area (Å²) in [7, 11) is 0. The summed E-state index contributed by atoms with van der Waals surface area (Å²) < 4.78 is 0. The van der Waals surface area contributed by atoms with Crippen molar-refractivity contribution in [3.05, 3.63) is 23.2 Å². The molecule has 1 amide bonds. The number of nitrogens with one attached hydrogen (secondary N) is 1. The number of carbonyl (C=O) groups is 1. The second-order valence-corrected chi connectivity index (χ2v) is 5.73. The summed E-state index contributed by atoms with van der Waals surface area (Å²) in [4.78, 5) is 14.0. The molecule has 0 saturated carbocycles. The first-order valence-corrected chi connectivity index (χ1v) is 7.24. The van der Waals surface area contributed by atoms with Gasteiger partial charge in [-0.3, -0.25) is 9.69 Å². The third-order valence-electron chi connectivity index (χ3n) is 2.81. The summed E-state index contributed by atoms with van der Waals surface area (Å²) in [5.41, 5.74) is 6.75. The molecule has 0 aliphatic rings. The van der Waals surface area contributed by atoms with Crippen LogP contribution in [-0.2, 0) is 4.79 Å². The molecule has 5 nitrogen and oxygen atoms in total. The van der Waals surface area contributed by atoms with Crippen LogP contribution in [0.1, 0.15) is 20.3 Å². The Morgan fingerprint density at radius 2 is 2.24 bits per heavy atom. The molecule has 0 heterocycles. The molecule has 0 aromatic heterocycles. The molecular formula is C15H21ClN4O. The largest absolute Gasteiger partial charge is 0.397 e. The van der Waals surface area contributed by atoms with Crippen molar-refractivity contribution in [2.75, 3.05) is 30.7 Å². The molecule has 0 unspecified atom stereocenters. The number of nitrogens with zero attached hydrogens (tertiary/aromatic N) is 2. The van der Waals surface area contributed by atoms with Crippen LogP contribution in [0.25, 0.3) is 0 Å². The highest BCUT2D eigenvalue weighted by atomic mass is 35.5. The van der Waals surface area contributed by atoms with Gasteiger partial charge in [0, 0.05) is 25.2 Å². The van der Waals surface area contributed by atoms with Gasteiger partial charge in [-0.25, -0.2) is 0 Å². The fourth-order valence-corrected chi connectivity index (χ4v) is 2.10. The lowest BCUT2D eigenvalue weighted by molar-refractivity contribution is -0.117. The molecule has 0 saturated heterocycles. The Morgan fingerprint density at radius 1 is 1.52 bits per heavy atom. The summed E-state index contributed by atoms with van der Waals surface area (Å²) in [5.74, 6) is 0.304. The van der Waals surface area contributed by atoms with Gasteiger partial charge in [-0.1, -0.05) is 25.4 Å². The van der Waals surface area contributed by atoms with Crippen molar-refractivity contribution >= 4 is 28.9 Å². The van der Waals surface area contributed by atoms with Gasteiger partial charge in [0.1, 0.15) is 0 Å². The monoisotopic (exact) mass is 308 g/mol. The maximum absolute atomic E-state index is 12.1. The number of benzene rings is 1. The van der Waals surface area contributed by atoms with Crippen LogP contribution in [0.2, 0.25) is 5.02 Å². The molecule has 114 valence electrons. The van der Waals surface area contributed by atoms with Crippen LogP contribution >= 0.6 is 11.6 Å². The molecule has 21 heavy (non-hydrogen) atoms. The SMILES string of the molecule is CC(C)CN(CCC#N)CC(=O)Nc1ccc(Cl)c(N)c1. The first kappa shape index (κ1) is 17.3. The van der Waals surface area contributed by atoms with Crippen LogP contribution in [0, 0.1) is 17.2 Å². The first-order chi connectivity index (χ1) is 9.92. The lowest BCUT2D eigenvalue weighted by atomic mass is 10.2. The van der Waals surface area contributed by atoms with E-state index in [0.29, 0.717) is 35.3 Å². The Labute approximate surface area is 130 Å². The summed E-state index contributed by atoms with van der Waals surface area (Å²) in [6.45, 7) is 5.78. The quantitative estimate of drug-likeness (QED) is 0.759. The number of hydrogen-bond donors (Lipinski definition) is 2.